The van der Waals surface area contributed by atoms with Crippen molar-refractivity contribution < 1.29 is 24.5 Å². The predicted molar refractivity (Wildman–Crippen MR) is 43.1 cm³/mol. The normalized spacial score (nSPS) is 12.2. The highest BCUT2D eigenvalue weighted by molar-refractivity contribution is 5.84. The zero-order chi connectivity index (χ0) is 10.3. The highest BCUT2D eigenvalue weighted by Gasteiger charge is 2.18. The van der Waals surface area contributed by atoms with Crippen LogP contribution in [0.15, 0.2) is 0 Å². The van der Waals surface area contributed by atoms with Crippen LogP contribution in [-0.4, -0.2) is 48.0 Å². The van der Waals surface area contributed by atoms with Crippen molar-refractivity contribution in [3.05, 3.63) is 0 Å². The Bertz CT molecular complexity index is 182. The van der Waals surface area contributed by atoms with Crippen molar-refractivity contribution in [2.75, 3.05) is 19.8 Å². The van der Waals surface area contributed by atoms with Crippen molar-refractivity contribution in [1.29, 1.82) is 0 Å². The van der Waals surface area contributed by atoms with Gasteiger partial charge in [-0.15, -0.1) is 0 Å². The molecule has 0 aromatic carbocycles. The Morgan fingerprint density at radius 1 is 1.54 bits per heavy atom. The van der Waals surface area contributed by atoms with E-state index >= 15 is 0 Å². The summed E-state index contributed by atoms with van der Waals surface area (Å²) in [6.45, 7) is 1.27. The molecule has 0 aromatic heterocycles. The molecule has 0 rings (SSSR count). The summed E-state index contributed by atoms with van der Waals surface area (Å²) in [7, 11) is 0. The molecule has 1 atom stereocenters. The van der Waals surface area contributed by atoms with E-state index in [-0.39, 0.29) is 6.61 Å². The molecular formula is C7H13NO5. The summed E-state index contributed by atoms with van der Waals surface area (Å²) >= 11 is 0. The molecule has 0 fully saturated rings. The average Bonchev–Trinajstić information content (AvgIpc) is 2.10. The van der Waals surface area contributed by atoms with E-state index in [0.29, 0.717) is 6.61 Å². The van der Waals surface area contributed by atoms with Crippen molar-refractivity contribution >= 4 is 11.9 Å². The first kappa shape index (κ1) is 11.9. The molecule has 0 aliphatic rings. The molecule has 0 aliphatic heterocycles. The lowest BCUT2D eigenvalue weighted by Gasteiger charge is -2.10. The highest BCUT2D eigenvalue weighted by atomic mass is 16.5. The van der Waals surface area contributed by atoms with Crippen LogP contribution in [0.4, 0.5) is 0 Å². The minimum absolute atomic E-state index is 0.194. The molecule has 6 heteroatoms. The molecular weight excluding hydrogens is 178 g/mol. The van der Waals surface area contributed by atoms with Gasteiger partial charge in [0.1, 0.15) is 12.6 Å². The van der Waals surface area contributed by atoms with E-state index in [1.165, 1.54) is 0 Å². The second-order valence-electron chi connectivity index (χ2n) is 2.28. The van der Waals surface area contributed by atoms with Crippen LogP contribution in [0.5, 0.6) is 0 Å². The molecule has 0 saturated carbocycles. The number of amides is 1. The number of aliphatic hydroxyl groups excluding tert-OH is 1. The Labute approximate surface area is 75.5 Å². The van der Waals surface area contributed by atoms with Crippen LogP contribution in [0.1, 0.15) is 6.92 Å². The van der Waals surface area contributed by atoms with Crippen molar-refractivity contribution in [2.24, 2.45) is 0 Å². The van der Waals surface area contributed by atoms with E-state index in [2.05, 4.69) is 5.32 Å². The number of carboxylic acid groups (broad SMARTS) is 1. The molecule has 0 aliphatic carbocycles. The summed E-state index contributed by atoms with van der Waals surface area (Å²) in [5.41, 5.74) is 0. The first-order chi connectivity index (χ1) is 6.11. The van der Waals surface area contributed by atoms with Crippen molar-refractivity contribution in [1.82, 2.24) is 5.32 Å². The molecule has 76 valence electrons. The van der Waals surface area contributed by atoms with Crippen molar-refractivity contribution in [3.63, 3.8) is 0 Å². The Hall–Kier alpha value is -1.14. The molecule has 1 unspecified atom stereocenters. The van der Waals surface area contributed by atoms with Gasteiger partial charge in [-0.25, -0.2) is 4.79 Å². The first-order valence-electron chi connectivity index (χ1n) is 3.82. The Kier molecular flexibility index (Phi) is 5.82. The number of aliphatic carboxylic acids is 1. The maximum Gasteiger partial charge on any atom is 0.328 e. The summed E-state index contributed by atoms with van der Waals surface area (Å²) in [5, 5.41) is 19.1. The van der Waals surface area contributed by atoms with Gasteiger partial charge >= 0.3 is 5.97 Å². The average molecular weight is 191 g/mol. The van der Waals surface area contributed by atoms with Gasteiger partial charge in [0.05, 0.1) is 6.61 Å². The third kappa shape index (κ3) is 5.15. The van der Waals surface area contributed by atoms with Crippen LogP contribution in [0.25, 0.3) is 0 Å². The Balaban J connectivity index is 3.80. The maximum atomic E-state index is 10.9. The Morgan fingerprint density at radius 3 is 2.54 bits per heavy atom. The molecule has 13 heavy (non-hydrogen) atoms. The molecule has 0 aromatic rings. The number of carbonyl (C=O) groups is 2. The van der Waals surface area contributed by atoms with Gasteiger partial charge in [-0.2, -0.15) is 0 Å². The minimum atomic E-state index is -1.27. The molecule has 0 bridgehead atoms. The fourth-order valence-electron chi connectivity index (χ4n) is 0.616. The molecule has 6 nitrogen and oxygen atoms in total. The monoisotopic (exact) mass is 191 g/mol. The van der Waals surface area contributed by atoms with Gasteiger partial charge in [-0.3, -0.25) is 4.79 Å². The quantitative estimate of drug-likeness (QED) is 0.479. The second kappa shape index (κ2) is 6.38. The minimum Gasteiger partial charge on any atom is -0.480 e. The molecule has 1 amide bonds. The van der Waals surface area contributed by atoms with E-state index in [9.17, 15) is 9.59 Å². The van der Waals surface area contributed by atoms with Crippen LogP contribution in [0.2, 0.25) is 0 Å². The zero-order valence-corrected chi connectivity index (χ0v) is 7.32. The third-order valence-electron chi connectivity index (χ3n) is 1.25. The van der Waals surface area contributed by atoms with Crippen LogP contribution in [-0.2, 0) is 14.3 Å². The summed E-state index contributed by atoms with van der Waals surface area (Å²) < 4.78 is 4.73. The summed E-state index contributed by atoms with van der Waals surface area (Å²) in [4.78, 5) is 21.2. The number of ether oxygens (including phenoxy) is 1. The standard InChI is InChI=1S/C7H13NO5/c1-2-13-4-6(10)8-5(3-9)7(11)12/h5,9H,2-4H2,1H3,(H,8,10)(H,11,12). The summed E-state index contributed by atoms with van der Waals surface area (Å²) in [6.07, 6.45) is 0. The van der Waals surface area contributed by atoms with E-state index in [1.807, 2.05) is 0 Å². The predicted octanol–water partition coefficient (Wildman–Crippen LogP) is -1.42. The van der Waals surface area contributed by atoms with Gasteiger partial charge in [0, 0.05) is 6.61 Å². The van der Waals surface area contributed by atoms with Gasteiger partial charge in [-0.1, -0.05) is 0 Å². The number of rotatable bonds is 6. The van der Waals surface area contributed by atoms with Crippen LogP contribution in [0.3, 0.4) is 0 Å². The molecule has 3 N–H and O–H groups in total. The number of nitrogens with one attached hydrogen (secondary N) is 1. The smallest absolute Gasteiger partial charge is 0.328 e. The highest BCUT2D eigenvalue weighted by Crippen LogP contribution is 1.83. The maximum absolute atomic E-state index is 10.9. The van der Waals surface area contributed by atoms with Gasteiger partial charge in [0.25, 0.3) is 0 Å². The molecule has 0 spiro atoms. The lowest BCUT2D eigenvalue weighted by Crippen LogP contribution is -2.44. The van der Waals surface area contributed by atoms with Gasteiger partial charge in [-0.05, 0) is 6.92 Å². The van der Waals surface area contributed by atoms with E-state index in [4.69, 9.17) is 14.9 Å². The number of hydrogen-bond donors (Lipinski definition) is 3. The van der Waals surface area contributed by atoms with Gasteiger partial charge in [0.2, 0.25) is 5.91 Å². The largest absolute Gasteiger partial charge is 0.480 e. The SMILES string of the molecule is CCOCC(=O)NC(CO)C(=O)O. The summed E-state index contributed by atoms with van der Waals surface area (Å²) in [5.74, 6) is -1.82. The topological polar surface area (TPSA) is 95.9 Å². The van der Waals surface area contributed by atoms with Crippen molar-refractivity contribution in [2.45, 2.75) is 13.0 Å². The molecule has 0 radical (unpaired) electrons. The third-order valence-corrected chi connectivity index (χ3v) is 1.25. The van der Waals surface area contributed by atoms with Crippen LogP contribution >= 0.6 is 0 Å². The van der Waals surface area contributed by atoms with Gasteiger partial charge < -0.3 is 20.3 Å². The number of carbonyl (C=O) groups excluding carboxylic acids is 1. The molecule has 0 heterocycles. The van der Waals surface area contributed by atoms with Crippen LogP contribution < -0.4 is 5.32 Å². The zero-order valence-electron chi connectivity index (χ0n) is 7.32. The fraction of sp³-hybridized carbons (Fsp3) is 0.714. The first-order valence-corrected chi connectivity index (χ1v) is 3.82. The van der Waals surface area contributed by atoms with E-state index < -0.39 is 24.5 Å². The van der Waals surface area contributed by atoms with E-state index in [0.717, 1.165) is 0 Å². The fourth-order valence-corrected chi connectivity index (χ4v) is 0.616. The number of aliphatic hydroxyl groups is 1. The Morgan fingerprint density at radius 2 is 2.15 bits per heavy atom. The number of carboxylic acids is 1. The second-order valence-corrected chi connectivity index (χ2v) is 2.28. The lowest BCUT2D eigenvalue weighted by molar-refractivity contribution is -0.143. The van der Waals surface area contributed by atoms with Crippen molar-refractivity contribution in [3.8, 4) is 0 Å². The van der Waals surface area contributed by atoms with E-state index in [1.54, 1.807) is 6.92 Å². The lowest BCUT2D eigenvalue weighted by atomic mass is 10.3. The van der Waals surface area contributed by atoms with Crippen LogP contribution in [0, 0.1) is 0 Å². The summed E-state index contributed by atoms with van der Waals surface area (Å²) in [6, 6.07) is -1.26. The molecule has 0 saturated heterocycles. The van der Waals surface area contributed by atoms with Gasteiger partial charge in [0.15, 0.2) is 0 Å². The number of hydrogen-bond acceptors (Lipinski definition) is 4.